The molecule has 1 aromatic carbocycles. The summed E-state index contributed by atoms with van der Waals surface area (Å²) in [5.41, 5.74) is 0.936. The number of benzene rings is 1. The van der Waals surface area contributed by atoms with E-state index in [2.05, 4.69) is 5.32 Å². The largest absolute Gasteiger partial charge is 0.471 e. The van der Waals surface area contributed by atoms with Gasteiger partial charge in [-0.05, 0) is 24.1 Å². The first kappa shape index (κ1) is 14.8. The zero-order valence-corrected chi connectivity index (χ0v) is 10.7. The van der Waals surface area contributed by atoms with E-state index < -0.39 is 12.1 Å². The van der Waals surface area contributed by atoms with Crippen molar-refractivity contribution in [3.63, 3.8) is 0 Å². The second-order valence-electron chi connectivity index (χ2n) is 4.59. The maximum absolute atomic E-state index is 12.1. The van der Waals surface area contributed by atoms with Crippen molar-refractivity contribution in [3.8, 4) is 0 Å². The summed E-state index contributed by atoms with van der Waals surface area (Å²) >= 11 is 0. The van der Waals surface area contributed by atoms with Gasteiger partial charge in [0.05, 0.1) is 6.61 Å². The molecule has 7 heteroatoms. The first-order valence-electron chi connectivity index (χ1n) is 6.23. The van der Waals surface area contributed by atoms with Crippen LogP contribution in [-0.4, -0.2) is 31.3 Å². The Balaban J connectivity index is 1.91. The van der Waals surface area contributed by atoms with Crippen LogP contribution < -0.4 is 10.6 Å². The topological polar surface area (TPSA) is 50.4 Å². The van der Waals surface area contributed by atoms with Crippen LogP contribution in [0, 0.1) is 0 Å². The Morgan fingerprint density at radius 3 is 2.85 bits per heavy atom. The molecular weight excluding hydrogens is 273 g/mol. The van der Waals surface area contributed by atoms with Crippen LogP contribution >= 0.6 is 0 Å². The molecule has 0 aromatic heterocycles. The SMILES string of the molecule is O=C(Nc1cccc(CNC2CCOC2)c1)C(F)(F)F. The molecule has 0 aliphatic carbocycles. The number of halogens is 3. The summed E-state index contributed by atoms with van der Waals surface area (Å²) in [6.45, 7) is 1.88. The van der Waals surface area contributed by atoms with Gasteiger partial charge in [0, 0.05) is 24.9 Å². The van der Waals surface area contributed by atoms with E-state index in [0.29, 0.717) is 13.2 Å². The predicted octanol–water partition coefficient (Wildman–Crippen LogP) is 2.07. The minimum Gasteiger partial charge on any atom is -0.380 e. The molecule has 1 atom stereocenters. The number of alkyl halides is 3. The predicted molar refractivity (Wildman–Crippen MR) is 67.2 cm³/mol. The third kappa shape index (κ3) is 4.21. The highest BCUT2D eigenvalue weighted by Crippen LogP contribution is 2.19. The maximum atomic E-state index is 12.1. The van der Waals surface area contributed by atoms with Crippen molar-refractivity contribution in [2.75, 3.05) is 18.5 Å². The van der Waals surface area contributed by atoms with E-state index in [9.17, 15) is 18.0 Å². The lowest BCUT2D eigenvalue weighted by Gasteiger charge is -2.12. The Hall–Kier alpha value is -1.60. The van der Waals surface area contributed by atoms with E-state index in [1.54, 1.807) is 12.1 Å². The van der Waals surface area contributed by atoms with Gasteiger partial charge in [0.25, 0.3) is 0 Å². The normalized spacial score (nSPS) is 19.1. The molecule has 0 bridgehead atoms. The lowest BCUT2D eigenvalue weighted by Crippen LogP contribution is -2.30. The monoisotopic (exact) mass is 288 g/mol. The maximum Gasteiger partial charge on any atom is 0.471 e. The zero-order chi connectivity index (χ0) is 14.6. The van der Waals surface area contributed by atoms with Gasteiger partial charge in [-0.2, -0.15) is 13.2 Å². The van der Waals surface area contributed by atoms with Crippen molar-refractivity contribution in [3.05, 3.63) is 29.8 Å². The molecule has 1 aliphatic rings. The molecule has 0 spiro atoms. The van der Waals surface area contributed by atoms with Gasteiger partial charge >= 0.3 is 12.1 Å². The first-order valence-corrected chi connectivity index (χ1v) is 6.23. The molecule has 20 heavy (non-hydrogen) atoms. The van der Waals surface area contributed by atoms with Crippen LogP contribution in [0.15, 0.2) is 24.3 Å². The van der Waals surface area contributed by atoms with Crippen molar-refractivity contribution in [2.45, 2.75) is 25.2 Å². The number of ether oxygens (including phenoxy) is 1. The number of rotatable bonds is 4. The van der Waals surface area contributed by atoms with Gasteiger partial charge in [0.15, 0.2) is 0 Å². The quantitative estimate of drug-likeness (QED) is 0.891. The number of amides is 1. The molecule has 1 fully saturated rings. The van der Waals surface area contributed by atoms with Crippen LogP contribution in [0.2, 0.25) is 0 Å². The molecule has 1 aromatic rings. The van der Waals surface area contributed by atoms with E-state index in [0.717, 1.165) is 18.6 Å². The van der Waals surface area contributed by atoms with Crippen molar-refractivity contribution >= 4 is 11.6 Å². The zero-order valence-electron chi connectivity index (χ0n) is 10.7. The molecule has 1 saturated heterocycles. The van der Waals surface area contributed by atoms with Gasteiger partial charge < -0.3 is 15.4 Å². The smallest absolute Gasteiger partial charge is 0.380 e. The fourth-order valence-corrected chi connectivity index (χ4v) is 1.92. The van der Waals surface area contributed by atoms with Gasteiger partial charge in [-0.25, -0.2) is 0 Å². The van der Waals surface area contributed by atoms with E-state index >= 15 is 0 Å². The molecular formula is C13H15F3N2O2. The molecule has 1 unspecified atom stereocenters. The number of hydrogen-bond donors (Lipinski definition) is 2. The molecule has 4 nitrogen and oxygen atoms in total. The molecule has 0 saturated carbocycles. The summed E-state index contributed by atoms with van der Waals surface area (Å²) in [5, 5.41) is 5.08. The highest BCUT2D eigenvalue weighted by molar-refractivity contribution is 5.94. The van der Waals surface area contributed by atoms with Crippen molar-refractivity contribution < 1.29 is 22.7 Å². The highest BCUT2D eigenvalue weighted by Gasteiger charge is 2.38. The van der Waals surface area contributed by atoms with Crippen molar-refractivity contribution in [1.29, 1.82) is 0 Å². The molecule has 0 radical (unpaired) electrons. The Kier molecular flexibility index (Phi) is 4.61. The number of anilines is 1. The third-order valence-corrected chi connectivity index (χ3v) is 2.97. The van der Waals surface area contributed by atoms with Crippen LogP contribution in [0.25, 0.3) is 0 Å². The summed E-state index contributed by atoms with van der Waals surface area (Å²) in [4.78, 5) is 10.8. The van der Waals surface area contributed by atoms with Gasteiger partial charge in [-0.3, -0.25) is 4.79 Å². The standard InChI is InChI=1S/C13H15F3N2O2/c14-13(15,16)12(19)18-10-3-1-2-9(6-10)7-17-11-4-5-20-8-11/h1-3,6,11,17H,4-5,7-8H2,(H,18,19). The van der Waals surface area contributed by atoms with E-state index in [1.165, 1.54) is 12.1 Å². The van der Waals surface area contributed by atoms with E-state index in [4.69, 9.17) is 4.74 Å². The van der Waals surface area contributed by atoms with Crippen LogP contribution in [-0.2, 0) is 16.1 Å². The number of nitrogens with one attached hydrogen (secondary N) is 2. The molecule has 1 amide bonds. The second-order valence-corrected chi connectivity index (χ2v) is 4.59. The fourth-order valence-electron chi connectivity index (χ4n) is 1.92. The van der Waals surface area contributed by atoms with Gasteiger partial charge in [-0.15, -0.1) is 0 Å². The lowest BCUT2D eigenvalue weighted by molar-refractivity contribution is -0.167. The lowest BCUT2D eigenvalue weighted by atomic mass is 10.1. The summed E-state index contributed by atoms with van der Waals surface area (Å²) in [7, 11) is 0. The van der Waals surface area contributed by atoms with Crippen LogP contribution in [0.4, 0.5) is 18.9 Å². The van der Waals surface area contributed by atoms with Crippen LogP contribution in [0.1, 0.15) is 12.0 Å². The van der Waals surface area contributed by atoms with Crippen LogP contribution in [0.3, 0.4) is 0 Å². The van der Waals surface area contributed by atoms with Gasteiger partial charge in [-0.1, -0.05) is 12.1 Å². The summed E-state index contributed by atoms with van der Waals surface area (Å²) < 4.78 is 41.7. The molecule has 110 valence electrons. The minimum absolute atomic E-state index is 0.134. The van der Waals surface area contributed by atoms with E-state index in [-0.39, 0.29) is 11.7 Å². The molecule has 2 rings (SSSR count). The number of carbonyl (C=O) groups excluding carboxylic acids is 1. The first-order chi connectivity index (χ1) is 9.45. The van der Waals surface area contributed by atoms with Gasteiger partial charge in [0.1, 0.15) is 0 Å². The highest BCUT2D eigenvalue weighted by atomic mass is 19.4. The Morgan fingerprint density at radius 1 is 1.40 bits per heavy atom. The number of carbonyl (C=O) groups is 1. The fraction of sp³-hybridized carbons (Fsp3) is 0.462. The average molecular weight is 288 g/mol. The number of hydrogen-bond acceptors (Lipinski definition) is 3. The van der Waals surface area contributed by atoms with Crippen molar-refractivity contribution in [1.82, 2.24) is 5.32 Å². The molecule has 2 N–H and O–H groups in total. The molecule has 1 aliphatic heterocycles. The Bertz CT molecular complexity index is 471. The molecule has 1 heterocycles. The van der Waals surface area contributed by atoms with E-state index in [1.807, 2.05) is 5.32 Å². The Labute approximate surface area is 114 Å². The summed E-state index contributed by atoms with van der Waals surface area (Å²) in [6.07, 6.45) is -3.96. The summed E-state index contributed by atoms with van der Waals surface area (Å²) in [5.74, 6) is -1.97. The third-order valence-electron chi connectivity index (χ3n) is 2.97. The Morgan fingerprint density at radius 2 is 2.20 bits per heavy atom. The van der Waals surface area contributed by atoms with Crippen LogP contribution in [0.5, 0.6) is 0 Å². The summed E-state index contributed by atoms with van der Waals surface area (Å²) in [6, 6.07) is 6.60. The average Bonchev–Trinajstić information content (AvgIpc) is 2.89. The minimum atomic E-state index is -4.88. The van der Waals surface area contributed by atoms with Crippen molar-refractivity contribution in [2.24, 2.45) is 0 Å². The van der Waals surface area contributed by atoms with Gasteiger partial charge in [0.2, 0.25) is 0 Å². The second kappa shape index (κ2) is 6.23.